The van der Waals surface area contributed by atoms with E-state index in [4.69, 9.17) is 0 Å². The average Bonchev–Trinajstić information content (AvgIpc) is 2.93. The van der Waals surface area contributed by atoms with Crippen LogP contribution in [0.1, 0.15) is 215 Å². The fourth-order valence-electron chi connectivity index (χ4n) is 4.65. The molecule has 0 N–H and O–H groups in total. The molecular weight excluding hydrogens is 615 g/mol. The van der Waals surface area contributed by atoms with Crippen molar-refractivity contribution in [3.63, 3.8) is 0 Å². The monoisotopic (exact) mass is 689 g/mol. The number of hydrogen-bond donors (Lipinski definition) is 0. The molecule has 0 heterocycles. The summed E-state index contributed by atoms with van der Waals surface area (Å²) in [5, 5.41) is 20.3. The van der Waals surface area contributed by atoms with Crippen molar-refractivity contribution in [1.82, 2.24) is 0 Å². The van der Waals surface area contributed by atoms with E-state index in [0.29, 0.717) is 0 Å². The van der Waals surface area contributed by atoms with Gasteiger partial charge in [-0.3, -0.25) is 0 Å². The second-order valence-electron chi connectivity index (χ2n) is 11.6. The first-order valence-corrected chi connectivity index (χ1v) is 17.6. The molecular formula is C36H73O4Sn. The van der Waals surface area contributed by atoms with E-state index in [9.17, 15) is 19.8 Å². The Balaban J connectivity index is -0.000000168. The first-order valence-electron chi connectivity index (χ1n) is 17.6. The predicted octanol–water partition coefficient (Wildman–Crippen LogP) is 9.92. The van der Waals surface area contributed by atoms with Crippen LogP contribution in [0.25, 0.3) is 0 Å². The number of aliphatic carboxylic acids is 2. The normalized spacial score (nSPS) is 10.1. The molecule has 41 heavy (non-hydrogen) atoms. The zero-order valence-electron chi connectivity index (χ0n) is 28.1. The minimum atomic E-state index is -0.907. The van der Waals surface area contributed by atoms with Gasteiger partial charge in [-0.15, -0.1) is 0 Å². The van der Waals surface area contributed by atoms with Gasteiger partial charge in [-0.05, 0) is 25.7 Å². The molecule has 0 fully saturated rings. The van der Waals surface area contributed by atoms with Crippen molar-refractivity contribution in [2.45, 2.75) is 213 Å². The molecule has 0 aromatic rings. The van der Waals surface area contributed by atoms with Crippen LogP contribution in [-0.4, -0.2) is 35.8 Å². The number of hydrogen-bond acceptors (Lipinski definition) is 4. The Hall–Kier alpha value is -0.261. The van der Waals surface area contributed by atoms with Crippen LogP contribution in [0.5, 0.6) is 0 Å². The molecule has 245 valence electrons. The molecule has 0 rings (SSSR count). The van der Waals surface area contributed by atoms with Crippen molar-refractivity contribution in [2.24, 2.45) is 0 Å². The number of rotatable bonds is 29. The molecule has 0 aliphatic carbocycles. The molecule has 0 bridgehead atoms. The fraction of sp³-hybridized carbons (Fsp3) is 0.917. The molecule has 3 radical (unpaired) electrons. The van der Waals surface area contributed by atoms with Crippen LogP contribution in [0.3, 0.4) is 0 Å². The molecule has 0 spiro atoms. The van der Waals surface area contributed by atoms with E-state index in [0.717, 1.165) is 32.1 Å². The molecule has 0 atom stereocenters. The second kappa shape index (κ2) is 46.7. The number of carboxylic acid groups (broad SMARTS) is 2. The Morgan fingerprint density at radius 1 is 0.415 bits per heavy atom. The van der Waals surface area contributed by atoms with Gasteiger partial charge in [0.1, 0.15) is 0 Å². The van der Waals surface area contributed by atoms with Gasteiger partial charge in [-0.1, -0.05) is 195 Å². The number of unbranched alkanes of at least 4 members (excludes halogenated alkanes) is 25. The first-order chi connectivity index (χ1) is 19.5. The van der Waals surface area contributed by atoms with E-state index < -0.39 is 11.9 Å². The number of carbonyl (C=O) groups excluding carboxylic acids is 2. The maximum Gasteiger partial charge on any atom is 2.00 e. The predicted molar refractivity (Wildman–Crippen MR) is 179 cm³/mol. The van der Waals surface area contributed by atoms with Gasteiger partial charge in [0.15, 0.2) is 0 Å². The van der Waals surface area contributed by atoms with Gasteiger partial charge < -0.3 is 19.8 Å². The van der Waals surface area contributed by atoms with Gasteiger partial charge in [-0.25, -0.2) is 0 Å². The van der Waals surface area contributed by atoms with Crippen LogP contribution in [0, 0.1) is 6.92 Å². The van der Waals surface area contributed by atoms with E-state index in [1.165, 1.54) is 148 Å². The van der Waals surface area contributed by atoms with E-state index >= 15 is 0 Å². The summed E-state index contributed by atoms with van der Waals surface area (Å²) in [7, 11) is 0. The maximum absolute atomic E-state index is 10.1. The summed E-state index contributed by atoms with van der Waals surface area (Å²) in [6.45, 7) is 10.5. The molecule has 0 aliphatic rings. The summed E-state index contributed by atoms with van der Waals surface area (Å²) in [6, 6.07) is 0. The maximum atomic E-state index is 10.1. The van der Waals surface area contributed by atoms with Gasteiger partial charge in [0, 0.05) is 13.4 Å². The van der Waals surface area contributed by atoms with Crippen LogP contribution >= 0.6 is 0 Å². The standard InChI is InChI=1S/2C14H28O2.C8H17.Sn.H2/c2*1-2-3-4-5-6-7-8-9-10-11-12-13-14(15)16;1-3-5-7-8-6-4-2;;/h2*2-13H2,1H3,(H,15,16);1,3-8H2,2H3;;1H/q;;;+2;/p-2. The van der Waals surface area contributed by atoms with Gasteiger partial charge in [-0.2, -0.15) is 0 Å². The average molecular weight is 689 g/mol. The van der Waals surface area contributed by atoms with E-state index in [1.54, 1.807) is 0 Å². The molecule has 0 amide bonds. The van der Waals surface area contributed by atoms with Crippen LogP contribution in [0.15, 0.2) is 0 Å². The van der Waals surface area contributed by atoms with Crippen molar-refractivity contribution in [1.29, 1.82) is 0 Å². The van der Waals surface area contributed by atoms with Gasteiger partial charge >= 0.3 is 23.9 Å². The Morgan fingerprint density at radius 3 is 0.805 bits per heavy atom. The minimum Gasteiger partial charge on any atom is -0.550 e. The molecule has 4 nitrogen and oxygen atoms in total. The summed E-state index contributed by atoms with van der Waals surface area (Å²) in [6.07, 6.45) is 36.0. The zero-order valence-corrected chi connectivity index (χ0v) is 30.9. The third kappa shape index (κ3) is 59.9. The first kappa shape index (κ1) is 47.7. The van der Waals surface area contributed by atoms with E-state index in [1.807, 2.05) is 0 Å². The van der Waals surface area contributed by atoms with E-state index in [-0.39, 0.29) is 38.2 Å². The Bertz CT molecular complexity index is 435. The second-order valence-corrected chi connectivity index (χ2v) is 11.6. The summed E-state index contributed by atoms with van der Waals surface area (Å²) in [5.41, 5.74) is 0. The van der Waals surface area contributed by atoms with Crippen molar-refractivity contribution in [3.05, 3.63) is 6.92 Å². The molecule has 0 unspecified atom stereocenters. The van der Waals surface area contributed by atoms with Crippen molar-refractivity contribution in [3.8, 4) is 0 Å². The van der Waals surface area contributed by atoms with Crippen molar-refractivity contribution in [2.75, 3.05) is 0 Å². The quantitative estimate of drug-likeness (QED) is 0.0579. The topological polar surface area (TPSA) is 80.3 Å². The zero-order chi connectivity index (χ0) is 30.4. The number of carboxylic acids is 2. The molecule has 0 saturated heterocycles. The van der Waals surface area contributed by atoms with Crippen LogP contribution in [-0.2, 0) is 9.59 Å². The Morgan fingerprint density at radius 2 is 0.610 bits per heavy atom. The smallest absolute Gasteiger partial charge is 0.550 e. The molecule has 0 aromatic carbocycles. The fourth-order valence-corrected chi connectivity index (χ4v) is 4.65. The van der Waals surface area contributed by atoms with Crippen LogP contribution < -0.4 is 10.2 Å². The van der Waals surface area contributed by atoms with Crippen molar-refractivity contribution >= 4 is 35.8 Å². The minimum absolute atomic E-state index is 0. The van der Waals surface area contributed by atoms with Gasteiger partial charge in [0.05, 0.1) is 0 Å². The molecule has 0 aliphatic heterocycles. The molecule has 0 saturated carbocycles. The van der Waals surface area contributed by atoms with Crippen LogP contribution in [0.2, 0.25) is 0 Å². The summed E-state index contributed by atoms with van der Waals surface area (Å²) >= 11 is 0. The number of carbonyl (C=O) groups is 2. The third-order valence-corrected chi connectivity index (χ3v) is 7.32. The summed E-state index contributed by atoms with van der Waals surface area (Å²) in [4.78, 5) is 20.3. The van der Waals surface area contributed by atoms with E-state index in [2.05, 4.69) is 27.7 Å². The van der Waals surface area contributed by atoms with Gasteiger partial charge in [0.25, 0.3) is 0 Å². The molecule has 5 heteroatoms. The third-order valence-electron chi connectivity index (χ3n) is 7.32. The summed E-state index contributed by atoms with van der Waals surface area (Å²) in [5.74, 6) is -1.81. The Kier molecular flexibility index (Phi) is 54.3. The SMILES string of the molecule is CCCCCCCCCCCCCC(=O)[O-].CCCCCCCCCCCCCC(=O)[O-].[CH2]CCCCCCC.[HH].[Sn+2]. The van der Waals surface area contributed by atoms with Crippen LogP contribution in [0.4, 0.5) is 0 Å². The van der Waals surface area contributed by atoms with Gasteiger partial charge in [0.2, 0.25) is 0 Å². The summed E-state index contributed by atoms with van der Waals surface area (Å²) < 4.78 is 0. The Labute approximate surface area is 276 Å². The molecule has 0 aromatic heterocycles. The van der Waals surface area contributed by atoms with Crippen molar-refractivity contribution < 1.29 is 21.2 Å². The largest absolute Gasteiger partial charge is 2.00 e.